The lowest BCUT2D eigenvalue weighted by atomic mass is 10.1. The predicted octanol–water partition coefficient (Wildman–Crippen LogP) is 3.79. The summed E-state index contributed by atoms with van der Waals surface area (Å²) in [5.41, 5.74) is 1.18. The molecule has 0 radical (unpaired) electrons. The summed E-state index contributed by atoms with van der Waals surface area (Å²) in [6.07, 6.45) is 7.09. The molecule has 0 bridgehead atoms. The number of carbonyl (C=O) groups is 3. The van der Waals surface area contributed by atoms with Crippen molar-refractivity contribution in [1.29, 1.82) is 0 Å². The van der Waals surface area contributed by atoms with Crippen molar-refractivity contribution < 1.29 is 14.4 Å². The lowest BCUT2D eigenvalue weighted by molar-refractivity contribution is -0.131. The second kappa shape index (κ2) is 9.35. The summed E-state index contributed by atoms with van der Waals surface area (Å²) in [7, 11) is 0. The van der Waals surface area contributed by atoms with Gasteiger partial charge in [0.25, 0.3) is 0 Å². The molecule has 25 heavy (non-hydrogen) atoms. The number of ketones is 1. The molecule has 1 aromatic rings. The second-order valence-electron chi connectivity index (χ2n) is 6.79. The molecule has 0 atom stereocenters. The molecule has 0 aliphatic heterocycles. The summed E-state index contributed by atoms with van der Waals surface area (Å²) < 4.78 is 0. The lowest BCUT2D eigenvalue weighted by Crippen LogP contribution is -2.40. The van der Waals surface area contributed by atoms with Crippen LogP contribution in [0.1, 0.15) is 69.2 Å². The van der Waals surface area contributed by atoms with E-state index in [0.29, 0.717) is 17.8 Å². The van der Waals surface area contributed by atoms with Gasteiger partial charge in [-0.05, 0) is 31.9 Å². The van der Waals surface area contributed by atoms with Gasteiger partial charge < -0.3 is 10.2 Å². The Morgan fingerprint density at radius 2 is 1.76 bits per heavy atom. The number of carbonyl (C=O) groups excluding carboxylic acids is 3. The Hall–Kier alpha value is -2.17. The van der Waals surface area contributed by atoms with Gasteiger partial charge in [-0.15, -0.1) is 0 Å². The Morgan fingerprint density at radius 1 is 1.08 bits per heavy atom. The number of anilines is 1. The Bertz CT molecular complexity index is 619. The normalized spacial score (nSPS) is 15.3. The number of benzene rings is 1. The molecule has 2 rings (SSSR count). The number of hydrogen-bond acceptors (Lipinski definition) is 3. The van der Waals surface area contributed by atoms with Crippen molar-refractivity contribution in [2.24, 2.45) is 0 Å². The molecule has 1 fully saturated rings. The molecule has 2 amide bonds. The summed E-state index contributed by atoms with van der Waals surface area (Å²) >= 11 is 0. The van der Waals surface area contributed by atoms with Gasteiger partial charge in [0.1, 0.15) is 0 Å². The summed E-state index contributed by atoms with van der Waals surface area (Å²) in [5.74, 6) is -0.133. The largest absolute Gasteiger partial charge is 0.339 e. The fourth-order valence-corrected chi connectivity index (χ4v) is 3.43. The van der Waals surface area contributed by atoms with Crippen molar-refractivity contribution in [1.82, 2.24) is 4.90 Å². The van der Waals surface area contributed by atoms with Crippen molar-refractivity contribution in [3.63, 3.8) is 0 Å². The van der Waals surface area contributed by atoms with Crippen LogP contribution in [-0.4, -0.2) is 35.1 Å². The molecule has 1 aromatic carbocycles. The van der Waals surface area contributed by atoms with E-state index >= 15 is 0 Å². The van der Waals surface area contributed by atoms with E-state index in [1.807, 2.05) is 4.90 Å². The average Bonchev–Trinajstić information content (AvgIpc) is 2.84. The van der Waals surface area contributed by atoms with Crippen molar-refractivity contribution in [2.45, 2.75) is 64.8 Å². The van der Waals surface area contributed by atoms with Gasteiger partial charge in [0.15, 0.2) is 5.78 Å². The minimum atomic E-state index is -0.138. The Kier molecular flexibility index (Phi) is 7.16. The van der Waals surface area contributed by atoms with Crippen LogP contribution in [-0.2, 0) is 9.59 Å². The minimum absolute atomic E-state index is 0.0350. The Labute approximate surface area is 149 Å². The maximum absolute atomic E-state index is 12.2. The molecule has 0 aromatic heterocycles. The number of nitrogens with one attached hydrogen (secondary N) is 1. The fraction of sp³-hybridized carbons (Fsp3) is 0.550. The molecule has 1 N–H and O–H groups in total. The van der Waals surface area contributed by atoms with Gasteiger partial charge in [0.2, 0.25) is 11.8 Å². The molecule has 5 nitrogen and oxygen atoms in total. The smallest absolute Gasteiger partial charge is 0.226 e. The van der Waals surface area contributed by atoms with E-state index in [2.05, 4.69) is 5.32 Å². The van der Waals surface area contributed by atoms with Gasteiger partial charge >= 0.3 is 0 Å². The van der Waals surface area contributed by atoms with Crippen LogP contribution in [0.5, 0.6) is 0 Å². The molecule has 0 spiro atoms. The van der Waals surface area contributed by atoms with Gasteiger partial charge in [-0.2, -0.15) is 0 Å². The van der Waals surface area contributed by atoms with Crippen molar-refractivity contribution >= 4 is 23.3 Å². The first-order valence-corrected chi connectivity index (χ1v) is 9.15. The van der Waals surface area contributed by atoms with Crippen LogP contribution in [0.2, 0.25) is 0 Å². The standard InChI is InChI=1S/C20H28N2O3/c1-15(23)17-8-7-9-18(14-17)21-20(25)12-13-22(16(2)24)19-10-5-3-4-6-11-19/h7-9,14,19H,3-6,10-13H2,1-2H3,(H,21,25). The maximum atomic E-state index is 12.2. The molecule has 136 valence electrons. The third-order valence-electron chi connectivity index (χ3n) is 4.80. The zero-order chi connectivity index (χ0) is 18.2. The van der Waals surface area contributed by atoms with Crippen LogP contribution in [0.3, 0.4) is 0 Å². The second-order valence-corrected chi connectivity index (χ2v) is 6.79. The van der Waals surface area contributed by atoms with E-state index in [1.165, 1.54) is 19.8 Å². The van der Waals surface area contributed by atoms with Crippen LogP contribution in [0.4, 0.5) is 5.69 Å². The van der Waals surface area contributed by atoms with Gasteiger partial charge in [-0.1, -0.05) is 37.8 Å². The Morgan fingerprint density at radius 3 is 2.36 bits per heavy atom. The molecule has 0 saturated heterocycles. The van der Waals surface area contributed by atoms with Gasteiger partial charge in [0, 0.05) is 37.2 Å². The third-order valence-corrected chi connectivity index (χ3v) is 4.80. The van der Waals surface area contributed by atoms with E-state index in [1.54, 1.807) is 31.2 Å². The van der Waals surface area contributed by atoms with E-state index in [0.717, 1.165) is 25.7 Å². The molecule has 1 aliphatic carbocycles. The first kappa shape index (κ1) is 19.2. The zero-order valence-corrected chi connectivity index (χ0v) is 15.2. The molecule has 0 heterocycles. The highest BCUT2D eigenvalue weighted by molar-refractivity contribution is 5.97. The monoisotopic (exact) mass is 344 g/mol. The van der Waals surface area contributed by atoms with Crippen LogP contribution in [0.25, 0.3) is 0 Å². The summed E-state index contributed by atoms with van der Waals surface area (Å²) in [6.45, 7) is 3.52. The SMILES string of the molecule is CC(=O)c1cccc(NC(=O)CCN(C(C)=O)C2CCCCCC2)c1. The highest BCUT2D eigenvalue weighted by Gasteiger charge is 2.22. The minimum Gasteiger partial charge on any atom is -0.339 e. The fourth-order valence-electron chi connectivity index (χ4n) is 3.43. The van der Waals surface area contributed by atoms with Crippen molar-refractivity contribution in [3.8, 4) is 0 Å². The van der Waals surface area contributed by atoms with Crippen molar-refractivity contribution in [2.75, 3.05) is 11.9 Å². The number of hydrogen-bond donors (Lipinski definition) is 1. The van der Waals surface area contributed by atoms with Crippen molar-refractivity contribution in [3.05, 3.63) is 29.8 Å². The summed E-state index contributed by atoms with van der Waals surface area (Å²) in [4.78, 5) is 37.5. The maximum Gasteiger partial charge on any atom is 0.226 e. The molecule has 1 aliphatic rings. The molecular weight excluding hydrogens is 316 g/mol. The number of nitrogens with zero attached hydrogens (tertiary/aromatic N) is 1. The summed E-state index contributed by atoms with van der Waals surface area (Å²) in [5, 5.41) is 2.82. The zero-order valence-electron chi connectivity index (χ0n) is 15.2. The van der Waals surface area contributed by atoms with Gasteiger partial charge in [-0.25, -0.2) is 0 Å². The quantitative estimate of drug-likeness (QED) is 0.631. The van der Waals surface area contributed by atoms with E-state index in [-0.39, 0.29) is 30.1 Å². The van der Waals surface area contributed by atoms with E-state index in [4.69, 9.17) is 0 Å². The third kappa shape index (κ3) is 6.00. The van der Waals surface area contributed by atoms with Crippen LogP contribution >= 0.6 is 0 Å². The Balaban J connectivity index is 1.91. The molecule has 1 saturated carbocycles. The average molecular weight is 344 g/mol. The first-order valence-electron chi connectivity index (χ1n) is 9.15. The first-order chi connectivity index (χ1) is 12.0. The van der Waals surface area contributed by atoms with Gasteiger partial charge in [-0.3, -0.25) is 14.4 Å². The lowest BCUT2D eigenvalue weighted by Gasteiger charge is -2.30. The summed E-state index contributed by atoms with van der Waals surface area (Å²) in [6, 6.07) is 7.17. The number of amides is 2. The molecule has 5 heteroatoms. The van der Waals surface area contributed by atoms with E-state index in [9.17, 15) is 14.4 Å². The van der Waals surface area contributed by atoms with Crippen LogP contribution in [0, 0.1) is 0 Å². The number of rotatable bonds is 6. The highest BCUT2D eigenvalue weighted by atomic mass is 16.2. The highest BCUT2D eigenvalue weighted by Crippen LogP contribution is 2.22. The number of Topliss-reactive ketones (excluding diaryl/α,β-unsaturated/α-hetero) is 1. The van der Waals surface area contributed by atoms with Gasteiger partial charge in [0.05, 0.1) is 0 Å². The predicted molar refractivity (Wildman–Crippen MR) is 98.6 cm³/mol. The topological polar surface area (TPSA) is 66.5 Å². The molecular formula is C20H28N2O3. The van der Waals surface area contributed by atoms with Crippen LogP contribution < -0.4 is 5.32 Å². The molecule has 0 unspecified atom stereocenters. The van der Waals surface area contributed by atoms with E-state index < -0.39 is 0 Å². The van der Waals surface area contributed by atoms with Crippen LogP contribution in [0.15, 0.2) is 24.3 Å².